The zero-order valence-electron chi connectivity index (χ0n) is 22.5. The number of amides is 3. The fourth-order valence-corrected chi connectivity index (χ4v) is 4.60. The zero-order chi connectivity index (χ0) is 32.3. The van der Waals surface area contributed by atoms with Crippen molar-refractivity contribution in [3.63, 3.8) is 0 Å². The molecular formula is C23H32N6O14. The maximum absolute atomic E-state index is 13.6. The van der Waals surface area contributed by atoms with Crippen molar-refractivity contribution in [2.75, 3.05) is 13.2 Å². The molecule has 3 heterocycles. The largest absolute Gasteiger partial charge is 0.479 e. The average Bonchev–Trinajstić information content (AvgIpc) is 3.22. The Hall–Kier alpha value is -4.18. The Morgan fingerprint density at radius 3 is 2.44 bits per heavy atom. The number of aromatic nitrogens is 2. The van der Waals surface area contributed by atoms with E-state index in [-0.39, 0.29) is 12.1 Å². The molecule has 3 amide bonds. The van der Waals surface area contributed by atoms with Gasteiger partial charge < -0.3 is 61.8 Å². The summed E-state index contributed by atoms with van der Waals surface area (Å²) in [5.41, 5.74) is 8.46. The lowest BCUT2D eigenvalue weighted by molar-refractivity contribution is -0.157. The average molecular weight is 617 g/mol. The van der Waals surface area contributed by atoms with Gasteiger partial charge in [0.2, 0.25) is 11.8 Å². The molecule has 2 saturated heterocycles. The van der Waals surface area contributed by atoms with Crippen molar-refractivity contribution in [3.8, 4) is 0 Å². The molecule has 20 nitrogen and oxygen atoms in total. The highest BCUT2D eigenvalue weighted by Crippen LogP contribution is 2.33. The number of aromatic amines is 1. The lowest BCUT2D eigenvalue weighted by Gasteiger charge is -2.43. The Labute approximate surface area is 240 Å². The van der Waals surface area contributed by atoms with Gasteiger partial charge in [-0.05, 0) is 12.5 Å². The number of hydrogen-bond acceptors (Lipinski definition) is 14. The standard InChI is InChI=1S/C23H32N6O14/c1-2-7-3-28(12(7)21(38)39)19(37)11(26-18(36)10(24)13(32)9(31)6-42-22(25)40)16-14(33)15(34)20(43-16)29-4-8(5-30)17(35)27-23(29)41/h2,4,9-16,20,30-34H,3,5-6,24H2,1H3,(H2,25,40)(H,26,36)(H,38,39)(H,27,35,41)/b7-2-/t9-,10-,11-,12-,13+,14-,15+,16+,20+/m0/s1. The number of primary amides is 1. The van der Waals surface area contributed by atoms with Crippen LogP contribution >= 0.6 is 0 Å². The molecule has 1 aromatic heterocycles. The van der Waals surface area contributed by atoms with Gasteiger partial charge in [0.25, 0.3) is 5.56 Å². The fourth-order valence-electron chi connectivity index (χ4n) is 4.60. The normalized spacial score (nSPS) is 27.1. The maximum Gasteiger partial charge on any atom is 0.404 e. The number of nitrogens with zero attached hydrogens (tertiary/aromatic N) is 2. The molecule has 0 unspecified atom stereocenters. The SMILES string of the molecule is C/C=C1/CN(C(=O)[C@@H](NC(=O)[C@@H](N)[C@H](O)[C@@H](O)COC(N)=O)[C@H]2O[C@@H](n3cc(CO)c(=O)[nH]c3=O)[C@H](O)[C@@H]2O)[C@@H]1C(=O)O. The third-order valence-electron chi connectivity index (χ3n) is 7.02. The predicted molar refractivity (Wildman–Crippen MR) is 138 cm³/mol. The van der Waals surface area contributed by atoms with E-state index in [0.29, 0.717) is 10.1 Å². The van der Waals surface area contributed by atoms with Gasteiger partial charge in [0, 0.05) is 12.7 Å². The van der Waals surface area contributed by atoms with Crippen LogP contribution in [0.15, 0.2) is 27.4 Å². The predicted octanol–water partition coefficient (Wildman–Crippen LogP) is -6.48. The summed E-state index contributed by atoms with van der Waals surface area (Å²) in [6.07, 6.45) is -10.7. The summed E-state index contributed by atoms with van der Waals surface area (Å²) in [4.78, 5) is 76.2. The molecule has 0 bridgehead atoms. The van der Waals surface area contributed by atoms with Crippen LogP contribution in [0.3, 0.4) is 0 Å². The third kappa shape index (κ3) is 6.74. The molecule has 12 N–H and O–H groups in total. The van der Waals surface area contributed by atoms with Crippen LogP contribution in [0.5, 0.6) is 0 Å². The summed E-state index contributed by atoms with van der Waals surface area (Å²) in [5, 5.41) is 63.0. The highest BCUT2D eigenvalue weighted by Gasteiger charge is 2.54. The van der Waals surface area contributed by atoms with E-state index in [1.165, 1.54) is 13.0 Å². The lowest BCUT2D eigenvalue weighted by atomic mass is 9.92. The molecule has 20 heteroatoms. The second-order valence-electron chi connectivity index (χ2n) is 9.72. The van der Waals surface area contributed by atoms with Gasteiger partial charge in [0.05, 0.1) is 12.2 Å². The molecule has 0 radical (unpaired) electrons. The number of ether oxygens (including phenoxy) is 2. The maximum atomic E-state index is 13.6. The molecule has 0 spiro atoms. The molecule has 3 rings (SSSR count). The van der Waals surface area contributed by atoms with Gasteiger partial charge >= 0.3 is 17.8 Å². The summed E-state index contributed by atoms with van der Waals surface area (Å²) in [6.45, 7) is -0.350. The van der Waals surface area contributed by atoms with E-state index in [1.807, 2.05) is 4.98 Å². The number of aliphatic hydroxyl groups excluding tert-OH is 5. The number of carbonyl (C=O) groups excluding carboxylic acids is 3. The lowest BCUT2D eigenvalue weighted by Crippen LogP contribution is -2.67. The highest BCUT2D eigenvalue weighted by molar-refractivity contribution is 5.95. The van der Waals surface area contributed by atoms with E-state index in [4.69, 9.17) is 16.2 Å². The van der Waals surface area contributed by atoms with Crippen LogP contribution in [0.2, 0.25) is 0 Å². The fraction of sp³-hybridized carbons (Fsp3) is 0.565. The van der Waals surface area contributed by atoms with E-state index in [9.17, 15) is 59.4 Å². The van der Waals surface area contributed by atoms with Crippen LogP contribution in [-0.2, 0) is 30.5 Å². The molecule has 1 aromatic rings. The van der Waals surface area contributed by atoms with Gasteiger partial charge in [-0.25, -0.2) is 14.4 Å². The number of aliphatic carboxylic acids is 1. The minimum atomic E-state index is -2.09. The van der Waals surface area contributed by atoms with Gasteiger partial charge in [-0.1, -0.05) is 6.08 Å². The van der Waals surface area contributed by atoms with E-state index in [1.54, 1.807) is 0 Å². The quantitative estimate of drug-likeness (QED) is 0.103. The Kier molecular flexibility index (Phi) is 10.4. The first-order valence-corrected chi connectivity index (χ1v) is 12.6. The van der Waals surface area contributed by atoms with Crippen LogP contribution < -0.4 is 28.0 Å². The Morgan fingerprint density at radius 1 is 1.23 bits per heavy atom. The number of hydrogen-bond donors (Lipinski definition) is 10. The minimum absolute atomic E-state index is 0.204. The topological polar surface area (TPSA) is 330 Å². The molecule has 9 atom stereocenters. The number of aliphatic hydroxyl groups is 5. The van der Waals surface area contributed by atoms with E-state index >= 15 is 0 Å². The third-order valence-corrected chi connectivity index (χ3v) is 7.02. The van der Waals surface area contributed by atoms with Crippen molar-refractivity contribution in [2.24, 2.45) is 11.5 Å². The Balaban J connectivity index is 1.95. The van der Waals surface area contributed by atoms with Gasteiger partial charge in [0.1, 0.15) is 49.2 Å². The van der Waals surface area contributed by atoms with Gasteiger partial charge in [-0.3, -0.25) is 23.9 Å². The summed E-state index contributed by atoms with van der Waals surface area (Å²) < 4.78 is 10.6. The molecule has 0 aromatic carbocycles. The molecule has 2 fully saturated rings. The second-order valence-corrected chi connectivity index (χ2v) is 9.72. The van der Waals surface area contributed by atoms with Crippen molar-refractivity contribution in [3.05, 3.63) is 44.2 Å². The monoisotopic (exact) mass is 616 g/mol. The number of carbonyl (C=O) groups is 4. The number of H-pyrrole nitrogens is 1. The van der Waals surface area contributed by atoms with Gasteiger partial charge in [-0.2, -0.15) is 0 Å². The minimum Gasteiger partial charge on any atom is -0.479 e. The van der Waals surface area contributed by atoms with Gasteiger partial charge in [-0.15, -0.1) is 0 Å². The molecule has 2 aliphatic rings. The number of carboxylic acid groups (broad SMARTS) is 1. The summed E-state index contributed by atoms with van der Waals surface area (Å²) in [6, 6.07) is -5.47. The molecule has 0 saturated carbocycles. The molecule has 2 aliphatic heterocycles. The zero-order valence-corrected chi connectivity index (χ0v) is 22.5. The summed E-state index contributed by atoms with van der Waals surface area (Å²) >= 11 is 0. The van der Waals surface area contributed by atoms with Gasteiger partial charge in [0.15, 0.2) is 12.3 Å². The first-order valence-electron chi connectivity index (χ1n) is 12.6. The van der Waals surface area contributed by atoms with Crippen LogP contribution in [0, 0.1) is 0 Å². The second kappa shape index (κ2) is 13.4. The van der Waals surface area contributed by atoms with Crippen molar-refractivity contribution >= 4 is 23.9 Å². The van der Waals surface area contributed by atoms with Crippen LogP contribution in [0.25, 0.3) is 0 Å². The summed E-state index contributed by atoms with van der Waals surface area (Å²) in [7, 11) is 0. The van der Waals surface area contributed by atoms with Crippen LogP contribution in [0.4, 0.5) is 4.79 Å². The number of nitrogens with two attached hydrogens (primary N) is 2. The molecule has 0 aliphatic carbocycles. The van der Waals surface area contributed by atoms with Crippen LogP contribution in [0.1, 0.15) is 18.7 Å². The number of likely N-dealkylation sites (tertiary alicyclic amines) is 1. The first kappa shape index (κ1) is 33.3. The highest BCUT2D eigenvalue weighted by atomic mass is 16.6. The Morgan fingerprint density at radius 2 is 1.88 bits per heavy atom. The first-order chi connectivity index (χ1) is 20.1. The van der Waals surface area contributed by atoms with E-state index < -0.39 is 103 Å². The Bertz CT molecular complexity index is 1390. The summed E-state index contributed by atoms with van der Waals surface area (Å²) in [5.74, 6) is -3.89. The van der Waals surface area contributed by atoms with Crippen molar-refractivity contribution in [1.82, 2.24) is 19.8 Å². The molecular weight excluding hydrogens is 584 g/mol. The van der Waals surface area contributed by atoms with Crippen molar-refractivity contribution in [2.45, 2.75) is 68.4 Å². The number of rotatable bonds is 11. The number of allylic oxidation sites excluding steroid dienone is 1. The molecule has 43 heavy (non-hydrogen) atoms. The van der Waals surface area contributed by atoms with Crippen LogP contribution in [-0.4, -0.2) is 131 Å². The number of carboxylic acids is 1. The molecule has 238 valence electrons. The van der Waals surface area contributed by atoms with Crippen molar-refractivity contribution < 1.29 is 59.3 Å². The van der Waals surface area contributed by atoms with Crippen molar-refractivity contribution in [1.29, 1.82) is 0 Å². The van der Waals surface area contributed by atoms with E-state index in [2.05, 4.69) is 10.1 Å². The number of nitrogens with one attached hydrogen (secondary N) is 2. The van der Waals surface area contributed by atoms with E-state index in [0.717, 1.165) is 11.1 Å². The smallest absolute Gasteiger partial charge is 0.404 e.